The summed E-state index contributed by atoms with van der Waals surface area (Å²) in [5, 5.41) is 0. The van der Waals surface area contributed by atoms with Crippen molar-refractivity contribution in [2.75, 3.05) is 0 Å². The van der Waals surface area contributed by atoms with E-state index in [4.69, 9.17) is 0 Å². The van der Waals surface area contributed by atoms with Gasteiger partial charge in [-0.25, -0.2) is 4.98 Å². The molecule has 0 saturated carbocycles. The highest BCUT2D eigenvalue weighted by atomic mass is 79.9. The van der Waals surface area contributed by atoms with Gasteiger partial charge in [-0.3, -0.25) is 0 Å². The van der Waals surface area contributed by atoms with E-state index in [1.54, 1.807) is 0 Å². The highest BCUT2D eigenvalue weighted by Crippen LogP contribution is 2.31. The smallest absolute Gasteiger partial charge is 0.417 e. The minimum absolute atomic E-state index is 0.0412. The number of nitrogens with zero attached hydrogens (tertiary/aromatic N) is 1. The molecule has 2 nitrogen and oxygen atoms in total. The van der Waals surface area contributed by atoms with Gasteiger partial charge in [-0.05, 0) is 6.07 Å². The lowest BCUT2D eigenvalue weighted by atomic mass is 10.3. The van der Waals surface area contributed by atoms with Gasteiger partial charge in [0.2, 0.25) is 5.88 Å². The maximum Gasteiger partial charge on any atom is 0.433 e. The Hall–Kier alpha value is -0.920. The van der Waals surface area contributed by atoms with Crippen LogP contribution in [0, 0.1) is 0 Å². The first-order valence-corrected chi connectivity index (χ1v) is 4.28. The minimum Gasteiger partial charge on any atom is -0.417 e. The third kappa shape index (κ3) is 3.61. The molecule has 0 aliphatic heterocycles. The summed E-state index contributed by atoms with van der Waals surface area (Å²) in [6.07, 6.45) is -4.70. The van der Waals surface area contributed by atoms with Crippen LogP contribution >= 0.6 is 15.9 Å². The molecule has 0 aliphatic carbocycles. The number of aromatic nitrogens is 1. The van der Waals surface area contributed by atoms with Crippen LogP contribution in [0.5, 0.6) is 5.88 Å². The van der Waals surface area contributed by atoms with Crippen molar-refractivity contribution in [2.24, 2.45) is 0 Å². The van der Waals surface area contributed by atoms with Crippen LogP contribution < -0.4 is 4.74 Å². The fraction of sp³-hybridized carbons (Fsp3) is 0.286. The van der Waals surface area contributed by atoms with Gasteiger partial charge in [0.1, 0.15) is 5.69 Å². The summed E-state index contributed by atoms with van der Waals surface area (Å²) in [6, 6.07) is 1.58. The van der Waals surface area contributed by atoms with Crippen molar-refractivity contribution < 1.29 is 26.7 Å². The third-order valence-electron chi connectivity index (χ3n) is 1.27. The van der Waals surface area contributed by atoms with E-state index in [2.05, 4.69) is 25.7 Å². The third-order valence-corrected chi connectivity index (χ3v) is 1.72. The molecule has 0 N–H and O–H groups in total. The number of ether oxygens (including phenoxy) is 1. The standard InChI is InChI=1S/C7H3BrF5NO/c8-3-1-4(7(11,12)13)14-5(2-3)15-6(9)10/h1-2,6H. The summed E-state index contributed by atoms with van der Waals surface area (Å²) >= 11 is 2.73. The van der Waals surface area contributed by atoms with Crippen molar-refractivity contribution in [2.45, 2.75) is 12.8 Å². The zero-order valence-corrected chi connectivity index (χ0v) is 8.44. The Bertz CT molecular complexity index is 354. The zero-order chi connectivity index (χ0) is 11.6. The summed E-state index contributed by atoms with van der Waals surface area (Å²) in [4.78, 5) is 2.89. The number of rotatable bonds is 2. The fourth-order valence-corrected chi connectivity index (χ4v) is 1.18. The highest BCUT2D eigenvalue weighted by molar-refractivity contribution is 9.10. The molecule has 1 heterocycles. The molecule has 0 saturated heterocycles. The Labute approximate surface area is 89.2 Å². The van der Waals surface area contributed by atoms with Crippen LogP contribution in [0.2, 0.25) is 0 Å². The van der Waals surface area contributed by atoms with Crippen molar-refractivity contribution in [1.82, 2.24) is 4.98 Å². The van der Waals surface area contributed by atoms with Gasteiger partial charge >= 0.3 is 12.8 Å². The Balaban J connectivity index is 3.06. The minimum atomic E-state index is -4.70. The predicted octanol–water partition coefficient (Wildman–Crippen LogP) is 3.46. The molecule has 84 valence electrons. The van der Waals surface area contributed by atoms with Gasteiger partial charge < -0.3 is 4.74 Å². The van der Waals surface area contributed by atoms with Crippen molar-refractivity contribution in [3.63, 3.8) is 0 Å². The molecule has 0 atom stereocenters. The number of alkyl halides is 5. The van der Waals surface area contributed by atoms with Crippen molar-refractivity contribution in [1.29, 1.82) is 0 Å². The number of hydrogen-bond donors (Lipinski definition) is 0. The number of hydrogen-bond acceptors (Lipinski definition) is 2. The first kappa shape index (κ1) is 12.2. The first-order chi connectivity index (χ1) is 6.79. The number of pyridine rings is 1. The molecule has 0 unspecified atom stereocenters. The van der Waals surface area contributed by atoms with Crippen LogP contribution in [-0.2, 0) is 6.18 Å². The largest absolute Gasteiger partial charge is 0.433 e. The maximum absolute atomic E-state index is 12.2. The van der Waals surface area contributed by atoms with Gasteiger partial charge in [0.25, 0.3) is 0 Å². The summed E-state index contributed by atoms with van der Waals surface area (Å²) in [5.74, 6) is -0.785. The van der Waals surface area contributed by atoms with Crippen LogP contribution in [0.25, 0.3) is 0 Å². The summed E-state index contributed by atoms with van der Waals surface area (Å²) in [5.41, 5.74) is -1.30. The summed E-state index contributed by atoms with van der Waals surface area (Å²) in [6.45, 7) is -3.21. The topological polar surface area (TPSA) is 22.1 Å². The van der Waals surface area contributed by atoms with Gasteiger partial charge in [0.05, 0.1) is 0 Å². The average molecular weight is 292 g/mol. The summed E-state index contributed by atoms with van der Waals surface area (Å²) in [7, 11) is 0. The molecule has 1 rings (SSSR count). The highest BCUT2D eigenvalue weighted by Gasteiger charge is 2.33. The molecule has 0 aromatic carbocycles. The van der Waals surface area contributed by atoms with E-state index < -0.39 is 24.4 Å². The lowest BCUT2D eigenvalue weighted by Crippen LogP contribution is -2.11. The van der Waals surface area contributed by atoms with Crippen LogP contribution in [-0.4, -0.2) is 11.6 Å². The van der Waals surface area contributed by atoms with Gasteiger partial charge in [-0.15, -0.1) is 0 Å². The monoisotopic (exact) mass is 291 g/mol. The van der Waals surface area contributed by atoms with E-state index in [-0.39, 0.29) is 4.47 Å². The van der Waals surface area contributed by atoms with E-state index in [0.717, 1.165) is 6.07 Å². The number of halogens is 6. The van der Waals surface area contributed by atoms with E-state index in [1.165, 1.54) is 0 Å². The van der Waals surface area contributed by atoms with E-state index >= 15 is 0 Å². The second-order valence-electron chi connectivity index (χ2n) is 2.39. The molecule has 0 bridgehead atoms. The molecule has 0 aliphatic rings. The molecule has 0 spiro atoms. The molecular weight excluding hydrogens is 289 g/mol. The Morgan fingerprint density at radius 3 is 2.33 bits per heavy atom. The van der Waals surface area contributed by atoms with Crippen LogP contribution in [0.15, 0.2) is 16.6 Å². The molecule has 0 radical (unpaired) electrons. The maximum atomic E-state index is 12.2. The van der Waals surface area contributed by atoms with Crippen LogP contribution in [0.4, 0.5) is 22.0 Å². The Morgan fingerprint density at radius 2 is 1.87 bits per heavy atom. The Kier molecular flexibility index (Phi) is 3.48. The molecule has 8 heteroatoms. The van der Waals surface area contributed by atoms with Gasteiger partial charge in [0, 0.05) is 10.5 Å². The van der Waals surface area contributed by atoms with Crippen molar-refractivity contribution in [3.8, 4) is 5.88 Å². The zero-order valence-electron chi connectivity index (χ0n) is 6.86. The lowest BCUT2D eigenvalue weighted by molar-refractivity contribution is -0.142. The SMILES string of the molecule is FC(F)Oc1cc(Br)cc(C(F)(F)F)n1. The van der Waals surface area contributed by atoms with Crippen molar-refractivity contribution >= 4 is 15.9 Å². The van der Waals surface area contributed by atoms with Gasteiger partial charge in [-0.1, -0.05) is 15.9 Å². The second kappa shape index (κ2) is 4.30. The average Bonchev–Trinajstić information content (AvgIpc) is 1.99. The first-order valence-electron chi connectivity index (χ1n) is 3.48. The quantitative estimate of drug-likeness (QED) is 0.779. The molecule has 0 fully saturated rings. The van der Waals surface area contributed by atoms with Crippen LogP contribution in [0.3, 0.4) is 0 Å². The molecule has 1 aromatic heterocycles. The Morgan fingerprint density at radius 1 is 1.27 bits per heavy atom. The molecule has 1 aromatic rings. The van der Waals surface area contributed by atoms with E-state index in [9.17, 15) is 22.0 Å². The predicted molar refractivity (Wildman–Crippen MR) is 43.6 cm³/mol. The van der Waals surface area contributed by atoms with E-state index in [0.29, 0.717) is 6.07 Å². The van der Waals surface area contributed by atoms with Crippen LogP contribution in [0.1, 0.15) is 5.69 Å². The lowest BCUT2D eigenvalue weighted by Gasteiger charge is -2.09. The summed E-state index contributed by atoms with van der Waals surface area (Å²) < 4.78 is 63.6. The second-order valence-corrected chi connectivity index (χ2v) is 3.30. The molecular formula is C7H3BrF5NO. The van der Waals surface area contributed by atoms with E-state index in [1.807, 2.05) is 0 Å². The molecule has 15 heavy (non-hydrogen) atoms. The van der Waals surface area contributed by atoms with Gasteiger partial charge in [-0.2, -0.15) is 22.0 Å². The van der Waals surface area contributed by atoms with Gasteiger partial charge in [0.15, 0.2) is 0 Å². The van der Waals surface area contributed by atoms with Crippen molar-refractivity contribution in [3.05, 3.63) is 22.3 Å². The fourth-order valence-electron chi connectivity index (χ4n) is 0.770. The molecule has 0 amide bonds. The normalized spacial score (nSPS) is 11.9.